The van der Waals surface area contributed by atoms with Crippen molar-refractivity contribution in [2.75, 3.05) is 5.32 Å². The zero-order valence-corrected chi connectivity index (χ0v) is 16.6. The van der Waals surface area contributed by atoms with Crippen LogP contribution in [-0.4, -0.2) is 20.6 Å². The standard InChI is InChI=1S/C20H17ClN4O2S/c1-25-9-14(18(26)24-20(25)27)16-13-6-3-11(21)8-10(13)2-7-15-17(16)23-19(28-15)22-12-4-5-12/h2-3,6-9,12,16H,4-5H2,1H3,(H,22,23)(H,24,26,27). The number of H-pyrrole nitrogens is 1. The molecule has 8 heteroatoms. The number of aryl methyl sites for hydroxylation is 1. The number of fused-ring (bicyclic) bond motifs is 2. The highest BCUT2D eigenvalue weighted by molar-refractivity contribution is 7.16. The Morgan fingerprint density at radius 2 is 2.07 bits per heavy atom. The van der Waals surface area contributed by atoms with Crippen molar-refractivity contribution in [1.82, 2.24) is 14.5 Å². The Morgan fingerprint density at radius 1 is 1.25 bits per heavy atom. The molecule has 1 aromatic carbocycles. The molecule has 5 rings (SSSR count). The Hall–Kier alpha value is -2.64. The Balaban J connectivity index is 1.75. The summed E-state index contributed by atoms with van der Waals surface area (Å²) in [4.78, 5) is 32.8. The summed E-state index contributed by atoms with van der Waals surface area (Å²) >= 11 is 7.79. The molecule has 28 heavy (non-hydrogen) atoms. The minimum atomic E-state index is -0.439. The van der Waals surface area contributed by atoms with E-state index >= 15 is 0 Å². The number of benzene rings is 1. The summed E-state index contributed by atoms with van der Waals surface area (Å²) in [5.74, 6) is -0.390. The van der Waals surface area contributed by atoms with Crippen molar-refractivity contribution in [3.05, 3.63) is 77.5 Å². The summed E-state index contributed by atoms with van der Waals surface area (Å²) in [7, 11) is 1.63. The van der Waals surface area contributed by atoms with E-state index in [9.17, 15) is 9.59 Å². The normalized spacial score (nSPS) is 17.7. The molecule has 142 valence electrons. The lowest BCUT2D eigenvalue weighted by Crippen LogP contribution is -2.32. The van der Waals surface area contributed by atoms with Crippen molar-refractivity contribution < 1.29 is 0 Å². The van der Waals surface area contributed by atoms with E-state index in [1.807, 2.05) is 30.4 Å². The van der Waals surface area contributed by atoms with Crippen molar-refractivity contribution in [3.63, 3.8) is 0 Å². The summed E-state index contributed by atoms with van der Waals surface area (Å²) in [5, 5.41) is 4.94. The number of nitrogens with one attached hydrogen (secondary N) is 2. The summed E-state index contributed by atoms with van der Waals surface area (Å²) in [6, 6.07) is 6.12. The van der Waals surface area contributed by atoms with Crippen molar-refractivity contribution in [1.29, 1.82) is 0 Å². The molecule has 2 aliphatic carbocycles. The predicted octanol–water partition coefficient (Wildman–Crippen LogP) is 3.42. The smallest absolute Gasteiger partial charge is 0.328 e. The number of halogens is 1. The summed E-state index contributed by atoms with van der Waals surface area (Å²) in [6.07, 6.45) is 7.95. The molecule has 1 unspecified atom stereocenters. The highest BCUT2D eigenvalue weighted by Gasteiger charge is 2.31. The van der Waals surface area contributed by atoms with Gasteiger partial charge in [-0.15, -0.1) is 0 Å². The largest absolute Gasteiger partial charge is 0.359 e. The topological polar surface area (TPSA) is 79.8 Å². The molecule has 2 aliphatic rings. The van der Waals surface area contributed by atoms with Gasteiger partial charge in [-0.3, -0.25) is 9.78 Å². The molecule has 1 fully saturated rings. The highest BCUT2D eigenvalue weighted by atomic mass is 35.5. The van der Waals surface area contributed by atoms with Crippen LogP contribution in [0.25, 0.3) is 12.2 Å². The number of hydrogen-bond donors (Lipinski definition) is 2. The summed E-state index contributed by atoms with van der Waals surface area (Å²) in [5.41, 5.74) is 2.34. The molecule has 0 saturated heterocycles. The Kier molecular flexibility index (Phi) is 4.03. The van der Waals surface area contributed by atoms with Gasteiger partial charge in [0.05, 0.1) is 16.5 Å². The zero-order valence-electron chi connectivity index (χ0n) is 15.0. The SMILES string of the molecule is Cn1cc(C2c3ccc(Cl)cc3C=Cc3sc(NC4CC4)nc32)c(=O)[nH]c1=O. The maximum absolute atomic E-state index is 12.7. The first-order chi connectivity index (χ1) is 13.5. The van der Waals surface area contributed by atoms with Crippen LogP contribution < -0.4 is 16.6 Å². The van der Waals surface area contributed by atoms with Crippen LogP contribution in [0.3, 0.4) is 0 Å². The molecule has 1 atom stereocenters. The molecule has 2 aromatic heterocycles. The first kappa shape index (κ1) is 17.5. The third-order valence-electron chi connectivity index (χ3n) is 5.08. The first-order valence-electron chi connectivity index (χ1n) is 9.04. The number of hydrogen-bond acceptors (Lipinski definition) is 5. The van der Waals surface area contributed by atoms with Crippen LogP contribution in [0.5, 0.6) is 0 Å². The lowest BCUT2D eigenvalue weighted by atomic mass is 9.87. The lowest BCUT2D eigenvalue weighted by molar-refractivity contribution is 0.760. The van der Waals surface area contributed by atoms with Gasteiger partial charge in [0.2, 0.25) is 0 Å². The molecule has 0 bridgehead atoms. The fourth-order valence-corrected chi connectivity index (χ4v) is 4.67. The third kappa shape index (κ3) is 3.00. The molecule has 6 nitrogen and oxygen atoms in total. The quantitative estimate of drug-likeness (QED) is 0.540. The monoisotopic (exact) mass is 412 g/mol. The lowest BCUT2D eigenvalue weighted by Gasteiger charge is -2.18. The van der Waals surface area contributed by atoms with Crippen LogP contribution >= 0.6 is 22.9 Å². The van der Waals surface area contributed by atoms with Gasteiger partial charge in [0.15, 0.2) is 5.13 Å². The van der Waals surface area contributed by atoms with Crippen LogP contribution in [0.1, 0.15) is 46.0 Å². The Bertz CT molecular complexity index is 1240. The van der Waals surface area contributed by atoms with Gasteiger partial charge >= 0.3 is 5.69 Å². The second-order valence-corrected chi connectivity index (χ2v) is 8.65. The number of aromatic nitrogens is 3. The average molecular weight is 413 g/mol. The molecular weight excluding hydrogens is 396 g/mol. The van der Waals surface area contributed by atoms with Gasteiger partial charge in [0.1, 0.15) is 0 Å². The Labute approximate surface area is 169 Å². The van der Waals surface area contributed by atoms with E-state index in [1.165, 1.54) is 4.57 Å². The summed E-state index contributed by atoms with van der Waals surface area (Å²) < 4.78 is 1.39. The molecule has 2 heterocycles. The molecule has 3 aromatic rings. The molecule has 1 saturated carbocycles. The van der Waals surface area contributed by atoms with Gasteiger partial charge in [-0.2, -0.15) is 0 Å². The van der Waals surface area contributed by atoms with Crippen molar-refractivity contribution >= 4 is 40.2 Å². The minimum absolute atomic E-state index is 0.390. The van der Waals surface area contributed by atoms with Gasteiger partial charge in [0, 0.05) is 29.9 Å². The van der Waals surface area contributed by atoms with Gasteiger partial charge in [0.25, 0.3) is 5.56 Å². The van der Waals surface area contributed by atoms with Crippen LogP contribution in [0, 0.1) is 0 Å². The zero-order chi connectivity index (χ0) is 19.4. The van der Waals surface area contributed by atoms with E-state index in [-0.39, 0.29) is 5.92 Å². The average Bonchev–Trinajstić information content (AvgIpc) is 3.40. The van der Waals surface area contributed by atoms with E-state index in [2.05, 4.69) is 10.3 Å². The van der Waals surface area contributed by atoms with E-state index in [0.717, 1.165) is 39.7 Å². The van der Waals surface area contributed by atoms with Crippen molar-refractivity contribution in [2.45, 2.75) is 24.8 Å². The minimum Gasteiger partial charge on any atom is -0.359 e. The van der Waals surface area contributed by atoms with E-state index in [1.54, 1.807) is 24.6 Å². The number of nitrogens with zero attached hydrogens (tertiary/aromatic N) is 2. The molecule has 0 aliphatic heterocycles. The molecule has 2 N–H and O–H groups in total. The van der Waals surface area contributed by atoms with E-state index < -0.39 is 11.2 Å². The van der Waals surface area contributed by atoms with Gasteiger partial charge in [-0.05, 0) is 42.2 Å². The number of anilines is 1. The second-order valence-electron chi connectivity index (χ2n) is 7.18. The van der Waals surface area contributed by atoms with Crippen LogP contribution in [0.2, 0.25) is 5.02 Å². The summed E-state index contributed by atoms with van der Waals surface area (Å²) in [6.45, 7) is 0. The molecule has 0 spiro atoms. The molecule has 0 amide bonds. The number of thiazole rings is 1. The van der Waals surface area contributed by atoms with Crippen LogP contribution in [0.15, 0.2) is 34.0 Å². The maximum Gasteiger partial charge on any atom is 0.328 e. The Morgan fingerprint density at radius 3 is 2.86 bits per heavy atom. The first-order valence-corrected chi connectivity index (χ1v) is 10.2. The predicted molar refractivity (Wildman–Crippen MR) is 112 cm³/mol. The van der Waals surface area contributed by atoms with Crippen molar-refractivity contribution in [2.24, 2.45) is 7.05 Å². The molecule has 0 radical (unpaired) electrons. The maximum atomic E-state index is 12.7. The number of aromatic amines is 1. The van der Waals surface area contributed by atoms with E-state index in [4.69, 9.17) is 16.6 Å². The second kappa shape index (κ2) is 6.46. The van der Waals surface area contributed by atoms with Crippen molar-refractivity contribution in [3.8, 4) is 0 Å². The fraction of sp³-hybridized carbons (Fsp3) is 0.250. The van der Waals surface area contributed by atoms with Crippen LogP contribution in [-0.2, 0) is 7.05 Å². The third-order valence-corrected chi connectivity index (χ3v) is 6.28. The highest BCUT2D eigenvalue weighted by Crippen LogP contribution is 2.42. The van der Waals surface area contributed by atoms with Crippen LogP contribution in [0.4, 0.5) is 5.13 Å². The van der Waals surface area contributed by atoms with Gasteiger partial charge in [-0.25, -0.2) is 9.78 Å². The molecular formula is C20H17ClN4O2S. The number of rotatable bonds is 3. The fourth-order valence-electron chi connectivity index (χ4n) is 3.50. The van der Waals surface area contributed by atoms with Gasteiger partial charge < -0.3 is 9.88 Å². The van der Waals surface area contributed by atoms with Gasteiger partial charge in [-0.1, -0.05) is 35.1 Å². The van der Waals surface area contributed by atoms with E-state index in [0.29, 0.717) is 16.6 Å².